The van der Waals surface area contributed by atoms with E-state index in [0.717, 1.165) is 36.4 Å². The van der Waals surface area contributed by atoms with E-state index >= 15 is 0 Å². The lowest BCUT2D eigenvalue weighted by Crippen LogP contribution is -2.64. The number of nitrogens with zero attached hydrogens (tertiary/aromatic N) is 6. The summed E-state index contributed by atoms with van der Waals surface area (Å²) in [5, 5.41) is 0. The van der Waals surface area contributed by atoms with Crippen molar-refractivity contribution >= 4 is 22.9 Å². The number of aryl methyl sites for hydroxylation is 2. The molecule has 174 valence electrons. The number of hydrogen-bond donors (Lipinski definition) is 0. The second kappa shape index (κ2) is 7.71. The predicted octanol–water partition coefficient (Wildman–Crippen LogP) is 2.98. The van der Waals surface area contributed by atoms with Crippen LogP contribution in [0.15, 0.2) is 35.3 Å². The maximum atomic E-state index is 13.1. The van der Waals surface area contributed by atoms with Crippen LogP contribution in [0, 0.1) is 12.3 Å². The maximum absolute atomic E-state index is 13.1. The highest BCUT2D eigenvalue weighted by molar-refractivity contribution is 5.94. The molecular weight excluding hydrogens is 416 g/mol. The highest BCUT2D eigenvalue weighted by Gasteiger charge is 2.42. The van der Waals surface area contributed by atoms with Crippen molar-refractivity contribution in [2.24, 2.45) is 12.5 Å². The minimum atomic E-state index is -0.0341. The molecular formula is C25H32N6O2. The Hall–Kier alpha value is -3.16. The lowest BCUT2D eigenvalue weighted by Gasteiger charge is -2.52. The van der Waals surface area contributed by atoms with E-state index < -0.39 is 0 Å². The van der Waals surface area contributed by atoms with E-state index in [0.29, 0.717) is 24.3 Å². The van der Waals surface area contributed by atoms with E-state index in [1.54, 1.807) is 17.8 Å². The van der Waals surface area contributed by atoms with Gasteiger partial charge in [0.15, 0.2) is 5.65 Å². The van der Waals surface area contributed by atoms with Crippen LogP contribution in [-0.2, 0) is 13.6 Å². The molecule has 3 aromatic rings. The van der Waals surface area contributed by atoms with E-state index in [1.807, 2.05) is 40.7 Å². The summed E-state index contributed by atoms with van der Waals surface area (Å²) in [5.74, 6) is 0.937. The average molecular weight is 449 g/mol. The first-order valence-electron chi connectivity index (χ1n) is 11.7. The van der Waals surface area contributed by atoms with Gasteiger partial charge in [-0.25, -0.2) is 9.78 Å². The Kier molecular flexibility index (Phi) is 5.06. The summed E-state index contributed by atoms with van der Waals surface area (Å²) in [4.78, 5) is 39.5. The van der Waals surface area contributed by atoms with E-state index in [2.05, 4.69) is 30.7 Å². The van der Waals surface area contributed by atoms with E-state index in [1.165, 1.54) is 0 Å². The second-order valence-corrected chi connectivity index (χ2v) is 10.7. The van der Waals surface area contributed by atoms with Crippen LogP contribution < -0.4 is 10.6 Å². The van der Waals surface area contributed by atoms with Crippen LogP contribution in [0.1, 0.15) is 49.7 Å². The second-order valence-electron chi connectivity index (χ2n) is 10.7. The number of imidazole rings is 1. The number of aromatic nitrogens is 4. The predicted molar refractivity (Wildman–Crippen MR) is 129 cm³/mol. The van der Waals surface area contributed by atoms with Gasteiger partial charge in [-0.1, -0.05) is 20.8 Å². The van der Waals surface area contributed by atoms with E-state index in [-0.39, 0.29) is 29.1 Å². The van der Waals surface area contributed by atoms with Crippen LogP contribution in [0.25, 0.3) is 11.2 Å². The molecule has 2 atom stereocenters. The molecule has 3 aromatic heterocycles. The third-order valence-electron chi connectivity index (χ3n) is 6.84. The van der Waals surface area contributed by atoms with Gasteiger partial charge in [0.25, 0.3) is 5.91 Å². The number of piperidine rings is 2. The number of piperazine rings is 1. The molecule has 0 radical (unpaired) electrons. The molecule has 6 heterocycles. The van der Waals surface area contributed by atoms with Crippen LogP contribution >= 0.6 is 0 Å². The summed E-state index contributed by atoms with van der Waals surface area (Å²) in [6.45, 7) is 10.4. The molecule has 6 rings (SSSR count). The van der Waals surface area contributed by atoms with Gasteiger partial charge in [-0.2, -0.15) is 0 Å². The molecule has 8 heteroatoms. The summed E-state index contributed by atoms with van der Waals surface area (Å²) >= 11 is 0. The highest BCUT2D eigenvalue weighted by Crippen LogP contribution is 2.33. The minimum Gasteiger partial charge on any atom is -0.350 e. The first-order chi connectivity index (χ1) is 15.6. The van der Waals surface area contributed by atoms with Crippen molar-refractivity contribution in [2.45, 2.75) is 59.2 Å². The number of pyridine rings is 2. The first kappa shape index (κ1) is 21.7. The summed E-state index contributed by atoms with van der Waals surface area (Å²) in [6.07, 6.45) is 3.70. The zero-order chi connectivity index (χ0) is 23.5. The molecule has 0 aliphatic carbocycles. The van der Waals surface area contributed by atoms with Crippen molar-refractivity contribution in [2.75, 3.05) is 18.0 Å². The lowest BCUT2D eigenvalue weighted by atomic mass is 9.90. The molecule has 3 fully saturated rings. The molecule has 0 spiro atoms. The summed E-state index contributed by atoms with van der Waals surface area (Å²) < 4.78 is 3.47. The number of amides is 1. The molecule has 1 amide bonds. The Bertz CT molecular complexity index is 1270. The van der Waals surface area contributed by atoms with Gasteiger partial charge >= 0.3 is 5.69 Å². The van der Waals surface area contributed by atoms with Crippen molar-refractivity contribution in [3.63, 3.8) is 0 Å². The third kappa shape index (κ3) is 3.81. The fourth-order valence-electron chi connectivity index (χ4n) is 5.17. The van der Waals surface area contributed by atoms with Crippen molar-refractivity contribution in [3.05, 3.63) is 52.2 Å². The maximum Gasteiger partial charge on any atom is 0.330 e. The van der Waals surface area contributed by atoms with Gasteiger partial charge in [0, 0.05) is 50.7 Å². The lowest BCUT2D eigenvalue weighted by molar-refractivity contribution is 0.0504. The number of hydrogen-bond acceptors (Lipinski definition) is 5. The van der Waals surface area contributed by atoms with Crippen LogP contribution in [0.4, 0.5) is 5.82 Å². The highest BCUT2D eigenvalue weighted by atomic mass is 16.2. The fraction of sp³-hybridized carbons (Fsp3) is 0.520. The molecule has 3 saturated heterocycles. The Morgan fingerprint density at radius 1 is 1.09 bits per heavy atom. The van der Waals surface area contributed by atoms with Crippen molar-refractivity contribution in [3.8, 4) is 0 Å². The van der Waals surface area contributed by atoms with Crippen molar-refractivity contribution in [1.82, 2.24) is 24.0 Å². The molecule has 0 saturated carbocycles. The van der Waals surface area contributed by atoms with Gasteiger partial charge in [0.1, 0.15) is 5.82 Å². The van der Waals surface area contributed by atoms with E-state index in [9.17, 15) is 9.59 Å². The smallest absolute Gasteiger partial charge is 0.330 e. The first-order valence-corrected chi connectivity index (χ1v) is 11.7. The molecule has 2 unspecified atom stereocenters. The molecule has 2 bridgehead atoms. The van der Waals surface area contributed by atoms with Gasteiger partial charge in [0.2, 0.25) is 0 Å². The molecule has 3 aliphatic rings. The van der Waals surface area contributed by atoms with Gasteiger partial charge in [-0.05, 0) is 49.4 Å². The minimum absolute atomic E-state index is 0.00817. The van der Waals surface area contributed by atoms with Crippen LogP contribution in [0.3, 0.4) is 0 Å². The average Bonchev–Trinajstić information content (AvgIpc) is 3.02. The molecule has 33 heavy (non-hydrogen) atoms. The molecule has 8 nitrogen and oxygen atoms in total. The zero-order valence-electron chi connectivity index (χ0n) is 20.1. The van der Waals surface area contributed by atoms with Crippen LogP contribution in [-0.4, -0.2) is 55.1 Å². The van der Waals surface area contributed by atoms with Gasteiger partial charge < -0.3 is 9.80 Å². The fourth-order valence-corrected chi connectivity index (χ4v) is 5.17. The molecule has 3 aliphatic heterocycles. The number of carbonyl (C=O) groups excluding carboxylic acids is 1. The standard InChI is InChI=1S/C25H32N6O2/c1-16-6-7-17(12-26-16)23(32)30-14-18-8-9-19(30)13-29(18)21-11-10-20-22(27-21)28(5)24(33)31(20)15-25(2,3)4/h6-7,10-12,18-19H,8-9,13-15H2,1-5H3. The Labute approximate surface area is 193 Å². The normalized spacial score (nSPS) is 20.6. The van der Waals surface area contributed by atoms with Crippen molar-refractivity contribution < 1.29 is 4.79 Å². The summed E-state index contributed by atoms with van der Waals surface area (Å²) in [5.41, 5.74) is 3.09. The SMILES string of the molecule is Cc1ccc(C(=O)N2CC3CCC2CN3c2ccc3c(n2)n(C)c(=O)n3CC(C)(C)C)cn1. The largest absolute Gasteiger partial charge is 0.350 e. The number of carbonyl (C=O) groups is 1. The van der Waals surface area contributed by atoms with Crippen molar-refractivity contribution in [1.29, 1.82) is 0 Å². The number of fused-ring (bicyclic) bond motifs is 4. The summed E-state index contributed by atoms with van der Waals surface area (Å²) in [7, 11) is 1.79. The van der Waals surface area contributed by atoms with Gasteiger partial charge in [0.05, 0.1) is 11.1 Å². The molecule has 0 N–H and O–H groups in total. The zero-order valence-corrected chi connectivity index (χ0v) is 20.1. The Morgan fingerprint density at radius 3 is 2.48 bits per heavy atom. The van der Waals surface area contributed by atoms with Crippen LogP contribution in [0.2, 0.25) is 0 Å². The third-order valence-corrected chi connectivity index (χ3v) is 6.84. The van der Waals surface area contributed by atoms with Crippen LogP contribution in [0.5, 0.6) is 0 Å². The van der Waals surface area contributed by atoms with E-state index in [4.69, 9.17) is 4.98 Å². The van der Waals surface area contributed by atoms with Gasteiger partial charge in [-0.3, -0.25) is 18.9 Å². The number of anilines is 1. The van der Waals surface area contributed by atoms with Gasteiger partial charge in [-0.15, -0.1) is 0 Å². The summed E-state index contributed by atoms with van der Waals surface area (Å²) in [6, 6.07) is 8.16. The monoisotopic (exact) mass is 448 g/mol. The Balaban J connectivity index is 1.42. The topological polar surface area (TPSA) is 76.3 Å². The molecule has 0 aromatic carbocycles. The number of rotatable bonds is 3. The Morgan fingerprint density at radius 2 is 1.85 bits per heavy atom. The quantitative estimate of drug-likeness (QED) is 0.616.